The van der Waals surface area contributed by atoms with Gasteiger partial charge in [0.2, 0.25) is 5.91 Å². The molecule has 168 valence electrons. The van der Waals surface area contributed by atoms with Crippen molar-refractivity contribution < 1.29 is 22.4 Å². The molecule has 4 aromatic rings. The largest absolute Gasteiger partial charge is 0.310 e. The van der Waals surface area contributed by atoms with Crippen LogP contribution in [0, 0.1) is 11.6 Å². The lowest BCUT2D eigenvalue weighted by Gasteiger charge is -2.17. The van der Waals surface area contributed by atoms with E-state index in [0.717, 1.165) is 12.3 Å². The SMILES string of the molecule is CC1(C)C(=O)Nc2nc(-c3nn(Cc4ccccc4F)c4ncc(F)cc34)nc(C(F)F)c21. The molecule has 0 unspecified atom stereocenters. The smallest absolute Gasteiger partial charge is 0.280 e. The van der Waals surface area contributed by atoms with Crippen molar-refractivity contribution in [1.82, 2.24) is 24.7 Å². The molecule has 3 aromatic heterocycles. The Morgan fingerprint density at radius 2 is 1.91 bits per heavy atom. The topological polar surface area (TPSA) is 85.6 Å². The van der Waals surface area contributed by atoms with Crippen molar-refractivity contribution in [2.45, 2.75) is 32.2 Å². The highest BCUT2D eigenvalue weighted by atomic mass is 19.3. The van der Waals surface area contributed by atoms with Crippen molar-refractivity contribution >= 4 is 22.8 Å². The van der Waals surface area contributed by atoms with Gasteiger partial charge >= 0.3 is 0 Å². The highest BCUT2D eigenvalue weighted by molar-refractivity contribution is 6.05. The van der Waals surface area contributed by atoms with E-state index in [0.29, 0.717) is 5.56 Å². The second-order valence-corrected chi connectivity index (χ2v) is 8.16. The number of nitrogens with zero attached hydrogens (tertiary/aromatic N) is 5. The van der Waals surface area contributed by atoms with Crippen molar-refractivity contribution in [3.05, 3.63) is 65.0 Å². The summed E-state index contributed by atoms with van der Waals surface area (Å²) in [6.45, 7) is 2.96. The molecule has 0 radical (unpaired) electrons. The fraction of sp³-hybridized carbons (Fsp3) is 0.227. The van der Waals surface area contributed by atoms with E-state index in [1.165, 1.54) is 24.6 Å². The summed E-state index contributed by atoms with van der Waals surface area (Å²) in [7, 11) is 0. The van der Waals surface area contributed by atoms with Gasteiger partial charge in [-0.3, -0.25) is 4.79 Å². The van der Waals surface area contributed by atoms with Crippen molar-refractivity contribution in [2.24, 2.45) is 0 Å². The normalized spacial score (nSPS) is 14.7. The van der Waals surface area contributed by atoms with Crippen LogP contribution in [0.5, 0.6) is 0 Å². The number of benzene rings is 1. The van der Waals surface area contributed by atoms with Crippen LogP contribution in [0.4, 0.5) is 23.4 Å². The molecule has 11 heteroatoms. The number of anilines is 1. The van der Waals surface area contributed by atoms with Crippen molar-refractivity contribution in [2.75, 3.05) is 5.32 Å². The second-order valence-electron chi connectivity index (χ2n) is 8.16. The number of carbonyl (C=O) groups is 1. The molecule has 0 bridgehead atoms. The minimum Gasteiger partial charge on any atom is -0.310 e. The Labute approximate surface area is 184 Å². The van der Waals surface area contributed by atoms with E-state index in [9.17, 15) is 22.4 Å². The first-order valence-electron chi connectivity index (χ1n) is 9.94. The first kappa shape index (κ1) is 21.0. The Morgan fingerprint density at radius 1 is 1.15 bits per heavy atom. The van der Waals surface area contributed by atoms with Gasteiger partial charge in [0.25, 0.3) is 6.43 Å². The molecule has 33 heavy (non-hydrogen) atoms. The highest BCUT2D eigenvalue weighted by Gasteiger charge is 2.44. The van der Waals surface area contributed by atoms with Crippen LogP contribution >= 0.6 is 0 Å². The summed E-state index contributed by atoms with van der Waals surface area (Å²) < 4.78 is 57.4. The maximum atomic E-state index is 14.2. The lowest BCUT2D eigenvalue weighted by atomic mass is 9.85. The fourth-order valence-electron chi connectivity index (χ4n) is 3.92. The zero-order valence-corrected chi connectivity index (χ0v) is 17.4. The molecule has 0 spiro atoms. The molecular formula is C22H16F4N6O. The third-order valence-electron chi connectivity index (χ3n) is 5.61. The molecule has 0 saturated carbocycles. The Morgan fingerprint density at radius 3 is 2.64 bits per heavy atom. The molecule has 1 N–H and O–H groups in total. The Bertz CT molecular complexity index is 1430. The van der Waals surface area contributed by atoms with Crippen LogP contribution in [-0.2, 0) is 16.8 Å². The van der Waals surface area contributed by atoms with Crippen molar-refractivity contribution in [3.8, 4) is 11.5 Å². The first-order chi connectivity index (χ1) is 15.7. The van der Waals surface area contributed by atoms with E-state index in [4.69, 9.17) is 0 Å². The van der Waals surface area contributed by atoms with E-state index < -0.39 is 35.1 Å². The van der Waals surface area contributed by atoms with Crippen LogP contribution in [0.25, 0.3) is 22.6 Å². The number of amides is 1. The number of aromatic nitrogens is 5. The molecule has 1 amide bonds. The zero-order valence-electron chi connectivity index (χ0n) is 17.4. The number of nitrogens with one attached hydrogen (secondary N) is 1. The van der Waals surface area contributed by atoms with E-state index in [-0.39, 0.29) is 40.5 Å². The number of fused-ring (bicyclic) bond motifs is 2. The Kier molecular flexibility index (Phi) is 4.66. The predicted octanol–water partition coefficient (Wildman–Crippen LogP) is 4.38. The summed E-state index contributed by atoms with van der Waals surface area (Å²) in [5.74, 6) is -1.92. The van der Waals surface area contributed by atoms with Gasteiger partial charge in [-0.2, -0.15) is 5.10 Å². The number of hydrogen-bond acceptors (Lipinski definition) is 5. The third kappa shape index (κ3) is 3.31. The van der Waals surface area contributed by atoms with Crippen LogP contribution in [0.15, 0.2) is 36.5 Å². The first-order valence-corrected chi connectivity index (χ1v) is 9.94. The van der Waals surface area contributed by atoms with Crippen LogP contribution in [0.3, 0.4) is 0 Å². The molecule has 5 rings (SSSR count). The van der Waals surface area contributed by atoms with Gasteiger partial charge in [0.05, 0.1) is 23.5 Å². The standard InChI is InChI=1S/C22H16F4N6O/c1-22(2)14-16(17(25)26)28-19(29-18(14)30-21(22)33)15-12-7-11(23)8-27-20(12)32(31-15)9-10-5-3-4-6-13(10)24/h3-8,17H,9H2,1-2H3,(H,28,29,30,33). The minimum atomic E-state index is -2.99. The van der Waals surface area contributed by atoms with Gasteiger partial charge in [0, 0.05) is 11.1 Å². The maximum absolute atomic E-state index is 14.2. The maximum Gasteiger partial charge on any atom is 0.280 e. The molecule has 1 aliphatic heterocycles. The van der Waals surface area contributed by atoms with Gasteiger partial charge in [-0.25, -0.2) is 37.2 Å². The predicted molar refractivity (Wildman–Crippen MR) is 111 cm³/mol. The van der Waals surface area contributed by atoms with Crippen LogP contribution in [0.1, 0.15) is 37.1 Å². The number of rotatable bonds is 4. The van der Waals surface area contributed by atoms with E-state index in [1.54, 1.807) is 18.2 Å². The third-order valence-corrected chi connectivity index (χ3v) is 5.61. The molecule has 0 fully saturated rings. The number of pyridine rings is 1. The lowest BCUT2D eigenvalue weighted by molar-refractivity contribution is -0.119. The Hall–Kier alpha value is -3.89. The molecule has 0 aliphatic carbocycles. The summed E-state index contributed by atoms with van der Waals surface area (Å²) in [4.78, 5) is 24.6. The summed E-state index contributed by atoms with van der Waals surface area (Å²) in [5, 5.41) is 7.03. The molecule has 7 nitrogen and oxygen atoms in total. The fourth-order valence-corrected chi connectivity index (χ4v) is 3.92. The monoisotopic (exact) mass is 456 g/mol. The molecule has 0 atom stereocenters. The van der Waals surface area contributed by atoms with Gasteiger partial charge in [0.15, 0.2) is 11.5 Å². The molecule has 1 aromatic carbocycles. The number of carbonyl (C=O) groups excluding carboxylic acids is 1. The van der Waals surface area contributed by atoms with Crippen LogP contribution in [-0.4, -0.2) is 30.6 Å². The summed E-state index contributed by atoms with van der Waals surface area (Å²) >= 11 is 0. The lowest BCUT2D eigenvalue weighted by Crippen LogP contribution is -2.28. The Balaban J connectivity index is 1.72. The van der Waals surface area contributed by atoms with E-state index >= 15 is 0 Å². The highest BCUT2D eigenvalue weighted by Crippen LogP contribution is 2.42. The second kappa shape index (κ2) is 7.32. The number of alkyl halides is 2. The van der Waals surface area contributed by atoms with Crippen LogP contribution < -0.4 is 5.32 Å². The molecule has 1 aliphatic rings. The molecule has 4 heterocycles. The van der Waals surface area contributed by atoms with Gasteiger partial charge in [-0.05, 0) is 26.0 Å². The average Bonchev–Trinajstić information content (AvgIpc) is 3.22. The van der Waals surface area contributed by atoms with Gasteiger partial charge in [0.1, 0.15) is 28.8 Å². The van der Waals surface area contributed by atoms with E-state index in [1.807, 2.05) is 0 Å². The quantitative estimate of drug-likeness (QED) is 0.461. The molecular weight excluding hydrogens is 440 g/mol. The summed E-state index contributed by atoms with van der Waals surface area (Å²) in [6.07, 6.45) is -2.02. The van der Waals surface area contributed by atoms with Gasteiger partial charge in [-0.15, -0.1) is 0 Å². The summed E-state index contributed by atoms with van der Waals surface area (Å²) in [6, 6.07) is 7.17. The average molecular weight is 456 g/mol. The van der Waals surface area contributed by atoms with Crippen LogP contribution in [0.2, 0.25) is 0 Å². The summed E-state index contributed by atoms with van der Waals surface area (Å²) in [5.41, 5.74) is -1.37. The molecule has 0 saturated heterocycles. The number of hydrogen-bond donors (Lipinski definition) is 1. The van der Waals surface area contributed by atoms with E-state index in [2.05, 4.69) is 25.4 Å². The van der Waals surface area contributed by atoms with Crippen molar-refractivity contribution in [3.63, 3.8) is 0 Å². The van der Waals surface area contributed by atoms with Crippen molar-refractivity contribution in [1.29, 1.82) is 0 Å². The van der Waals surface area contributed by atoms with Gasteiger partial charge < -0.3 is 5.32 Å². The zero-order chi connectivity index (χ0) is 23.5. The minimum absolute atomic E-state index is 0.00523. The number of halogens is 4. The van der Waals surface area contributed by atoms with Gasteiger partial charge in [-0.1, -0.05) is 18.2 Å².